The largest absolute Gasteiger partial charge is 0.371 e. The van der Waals surface area contributed by atoms with E-state index in [0.717, 1.165) is 42.7 Å². The van der Waals surface area contributed by atoms with Crippen molar-refractivity contribution in [3.8, 4) is 11.8 Å². The number of hydrogen-bond donors (Lipinski definition) is 1. The highest BCUT2D eigenvalue weighted by Crippen LogP contribution is 2.25. The Balaban J connectivity index is 1.21. The second kappa shape index (κ2) is 10.3. The van der Waals surface area contributed by atoms with Gasteiger partial charge in [-0.2, -0.15) is 0 Å². The minimum absolute atomic E-state index is 0.0983. The summed E-state index contributed by atoms with van der Waals surface area (Å²) >= 11 is 0. The van der Waals surface area contributed by atoms with Crippen LogP contribution in [0.1, 0.15) is 42.7 Å². The Hall–Kier alpha value is -3.70. The maximum absolute atomic E-state index is 12.0. The van der Waals surface area contributed by atoms with E-state index in [9.17, 15) is 19.7 Å². The molecule has 8 heteroatoms. The summed E-state index contributed by atoms with van der Waals surface area (Å²) in [6, 6.07) is 14.2. The first-order valence-electron chi connectivity index (χ1n) is 11.0. The lowest BCUT2D eigenvalue weighted by molar-refractivity contribution is -0.384. The zero-order chi connectivity index (χ0) is 23.2. The first kappa shape index (κ1) is 22.5. The van der Waals surface area contributed by atoms with Crippen LogP contribution in [-0.4, -0.2) is 42.5 Å². The molecule has 0 bridgehead atoms. The molecule has 2 heterocycles. The summed E-state index contributed by atoms with van der Waals surface area (Å²) in [5.74, 6) is 5.40. The number of nitro benzene ring substituents is 1. The number of amides is 2. The van der Waals surface area contributed by atoms with Crippen LogP contribution in [0, 0.1) is 22.0 Å². The van der Waals surface area contributed by atoms with Crippen LogP contribution in [0.25, 0.3) is 0 Å². The number of ether oxygens (including phenoxy) is 1. The minimum Gasteiger partial charge on any atom is -0.371 e. The highest BCUT2D eigenvalue weighted by Gasteiger charge is 2.27. The number of hydrogen-bond acceptors (Lipinski definition) is 6. The average molecular weight is 447 g/mol. The molecule has 0 saturated carbocycles. The third-order valence-electron chi connectivity index (χ3n) is 6.04. The van der Waals surface area contributed by atoms with E-state index in [1.54, 1.807) is 12.1 Å². The Kier molecular flexibility index (Phi) is 7.01. The smallest absolute Gasteiger partial charge is 0.269 e. The van der Waals surface area contributed by atoms with E-state index in [2.05, 4.69) is 22.1 Å². The van der Waals surface area contributed by atoms with Gasteiger partial charge in [-0.1, -0.05) is 24.0 Å². The van der Waals surface area contributed by atoms with Gasteiger partial charge in [0, 0.05) is 42.9 Å². The van der Waals surface area contributed by atoms with Gasteiger partial charge in [0.2, 0.25) is 11.8 Å². The molecule has 2 fully saturated rings. The lowest BCUT2D eigenvalue weighted by Gasteiger charge is -2.33. The van der Waals surface area contributed by atoms with E-state index in [4.69, 9.17) is 4.74 Å². The number of piperidine rings is 2. The Morgan fingerprint density at radius 1 is 1.03 bits per heavy atom. The molecule has 33 heavy (non-hydrogen) atoms. The molecule has 1 N–H and O–H groups in total. The molecular formula is C25H25N3O5. The zero-order valence-electron chi connectivity index (χ0n) is 18.2. The number of carbonyl (C=O) groups excluding carboxylic acids is 2. The maximum atomic E-state index is 12.0. The highest BCUT2D eigenvalue weighted by atomic mass is 16.6. The topological polar surface area (TPSA) is 102 Å². The van der Waals surface area contributed by atoms with E-state index >= 15 is 0 Å². The summed E-state index contributed by atoms with van der Waals surface area (Å²) in [5, 5.41) is 13.2. The predicted octanol–water partition coefficient (Wildman–Crippen LogP) is 3.15. The number of imide groups is 1. The Morgan fingerprint density at radius 3 is 2.36 bits per heavy atom. The van der Waals surface area contributed by atoms with Crippen molar-refractivity contribution in [2.75, 3.05) is 24.6 Å². The molecule has 2 aromatic rings. The molecule has 8 nitrogen and oxygen atoms in total. The number of nitro groups is 1. The summed E-state index contributed by atoms with van der Waals surface area (Å²) in [6.45, 7) is 2.01. The second-order valence-corrected chi connectivity index (χ2v) is 8.20. The first-order chi connectivity index (χ1) is 16.0. The Morgan fingerprint density at radius 2 is 1.73 bits per heavy atom. The van der Waals surface area contributed by atoms with Crippen molar-refractivity contribution in [1.82, 2.24) is 5.32 Å². The lowest BCUT2D eigenvalue weighted by atomic mass is 9.90. The van der Waals surface area contributed by atoms with E-state index in [1.807, 2.05) is 24.3 Å². The summed E-state index contributed by atoms with van der Waals surface area (Å²) < 4.78 is 5.91. The van der Waals surface area contributed by atoms with E-state index in [0.29, 0.717) is 19.4 Å². The molecule has 2 saturated heterocycles. The van der Waals surface area contributed by atoms with Crippen LogP contribution in [0.2, 0.25) is 0 Å². The third kappa shape index (κ3) is 5.76. The number of nitrogens with zero attached hydrogens (tertiary/aromatic N) is 2. The molecular weight excluding hydrogens is 422 g/mol. The van der Waals surface area contributed by atoms with Crippen LogP contribution in [-0.2, 0) is 14.3 Å². The van der Waals surface area contributed by atoms with Crippen LogP contribution in [0.5, 0.6) is 0 Å². The highest BCUT2D eigenvalue weighted by molar-refractivity contribution is 6.00. The van der Waals surface area contributed by atoms with Crippen molar-refractivity contribution in [2.24, 2.45) is 0 Å². The first-order valence-corrected chi connectivity index (χ1v) is 11.0. The molecule has 2 amide bonds. The van der Waals surface area contributed by atoms with Gasteiger partial charge in [0.1, 0.15) is 6.61 Å². The van der Waals surface area contributed by atoms with Crippen LogP contribution in [0.4, 0.5) is 11.4 Å². The summed E-state index contributed by atoms with van der Waals surface area (Å²) in [5.41, 5.74) is 2.82. The number of benzene rings is 2. The van der Waals surface area contributed by atoms with Crippen molar-refractivity contribution in [3.05, 3.63) is 69.8 Å². The van der Waals surface area contributed by atoms with E-state index in [-0.39, 0.29) is 29.5 Å². The molecule has 2 aliphatic rings. The van der Waals surface area contributed by atoms with Gasteiger partial charge in [-0.15, -0.1) is 0 Å². The number of non-ortho nitro benzene ring substituents is 1. The van der Waals surface area contributed by atoms with E-state index < -0.39 is 4.92 Å². The molecule has 1 atom stereocenters. The van der Waals surface area contributed by atoms with Crippen molar-refractivity contribution in [3.63, 3.8) is 0 Å². The quantitative estimate of drug-likeness (QED) is 0.327. The van der Waals surface area contributed by atoms with Gasteiger partial charge in [0.05, 0.1) is 16.9 Å². The SMILES string of the molecule is O=C1CCC(c2ccc(C#CCOC3CCN(c4ccc([N+](=O)[O-])cc4)CC3)cc2)C(=O)N1. The molecule has 2 aliphatic heterocycles. The number of rotatable bonds is 5. The van der Waals surface area contributed by atoms with Crippen LogP contribution >= 0.6 is 0 Å². The molecule has 0 aromatic heterocycles. The summed E-state index contributed by atoms with van der Waals surface area (Å²) in [6.07, 6.45) is 2.79. The average Bonchev–Trinajstić information content (AvgIpc) is 2.83. The monoisotopic (exact) mass is 447 g/mol. The van der Waals surface area contributed by atoms with E-state index in [1.165, 1.54) is 12.1 Å². The van der Waals surface area contributed by atoms with Gasteiger partial charge in [0.15, 0.2) is 0 Å². The fourth-order valence-corrected chi connectivity index (χ4v) is 4.17. The fourth-order valence-electron chi connectivity index (χ4n) is 4.17. The van der Waals surface area contributed by atoms with Gasteiger partial charge in [0.25, 0.3) is 5.69 Å². The lowest BCUT2D eigenvalue weighted by Crippen LogP contribution is -2.39. The van der Waals surface area contributed by atoms with Crippen molar-refractivity contribution >= 4 is 23.2 Å². The minimum atomic E-state index is -0.391. The van der Waals surface area contributed by atoms with Crippen molar-refractivity contribution < 1.29 is 19.2 Å². The van der Waals surface area contributed by atoms with Gasteiger partial charge in [-0.25, -0.2) is 0 Å². The summed E-state index contributed by atoms with van der Waals surface area (Å²) in [7, 11) is 0. The molecule has 0 spiro atoms. The molecule has 1 unspecified atom stereocenters. The fraction of sp³-hybridized carbons (Fsp3) is 0.360. The molecule has 2 aromatic carbocycles. The molecule has 4 rings (SSSR count). The van der Waals surface area contributed by atoms with Crippen LogP contribution < -0.4 is 10.2 Å². The number of nitrogens with one attached hydrogen (secondary N) is 1. The molecule has 0 aliphatic carbocycles. The normalized spacial score (nSPS) is 18.9. The third-order valence-corrected chi connectivity index (χ3v) is 6.04. The van der Waals surface area contributed by atoms with Crippen LogP contribution in [0.3, 0.4) is 0 Å². The standard InChI is InChI=1S/C25H25N3O5/c29-24-12-11-23(25(30)26-24)19-5-3-18(4-6-19)2-1-17-33-22-13-15-27(16-14-22)20-7-9-21(10-8-20)28(31)32/h3-10,22-23H,11-17H2,(H,26,29,30). The number of carbonyl (C=O) groups is 2. The Bertz CT molecular complexity index is 1080. The van der Waals surface area contributed by atoms with Crippen molar-refractivity contribution in [1.29, 1.82) is 0 Å². The van der Waals surface area contributed by atoms with Gasteiger partial charge >= 0.3 is 0 Å². The molecule has 170 valence electrons. The van der Waals surface area contributed by atoms with Gasteiger partial charge < -0.3 is 9.64 Å². The summed E-state index contributed by atoms with van der Waals surface area (Å²) in [4.78, 5) is 35.9. The maximum Gasteiger partial charge on any atom is 0.269 e. The Labute approximate surface area is 192 Å². The van der Waals surface area contributed by atoms with Crippen LogP contribution in [0.15, 0.2) is 48.5 Å². The van der Waals surface area contributed by atoms with Gasteiger partial charge in [-0.3, -0.25) is 25.0 Å². The number of anilines is 1. The second-order valence-electron chi connectivity index (χ2n) is 8.20. The van der Waals surface area contributed by atoms with Gasteiger partial charge in [-0.05, 0) is 49.1 Å². The molecule has 0 radical (unpaired) electrons. The predicted molar refractivity (Wildman–Crippen MR) is 123 cm³/mol. The zero-order valence-corrected chi connectivity index (χ0v) is 18.2. The van der Waals surface area contributed by atoms with Crippen molar-refractivity contribution in [2.45, 2.75) is 37.7 Å².